The molecule has 0 aliphatic heterocycles. The van der Waals surface area contributed by atoms with Crippen LogP contribution in [0.1, 0.15) is 16.8 Å². The summed E-state index contributed by atoms with van der Waals surface area (Å²) in [6.07, 6.45) is -2.71. The molecule has 0 amide bonds. The van der Waals surface area contributed by atoms with Gasteiger partial charge in [0.15, 0.2) is 11.3 Å². The Morgan fingerprint density at radius 2 is 1.84 bits per heavy atom. The molecule has 12 heteroatoms. The van der Waals surface area contributed by atoms with Crippen molar-refractivity contribution in [2.45, 2.75) is 18.0 Å². The van der Waals surface area contributed by atoms with E-state index < -0.39 is 27.5 Å². The van der Waals surface area contributed by atoms with E-state index in [1.807, 2.05) is 6.07 Å². The van der Waals surface area contributed by atoms with Crippen LogP contribution in [0.4, 0.5) is 13.2 Å². The number of hydrogen-bond acceptors (Lipinski definition) is 5. The highest BCUT2D eigenvalue weighted by Crippen LogP contribution is 2.40. The Balaban J connectivity index is 2.15. The van der Waals surface area contributed by atoms with Gasteiger partial charge in [-0.3, -0.25) is 4.68 Å². The standard InChI is InChI=1S/C20H13ClF3N5O2S/c1-11-3-5-13(6-4-11)32(30,31)29-16(15-10-28(2)27-18(15)20(22,23)24)7-14-17(21)12(8-25)9-26-19(14)29/h3-7,9-10H,1-2H3. The molecule has 0 atom stereocenters. The number of nitriles is 1. The van der Waals surface area contributed by atoms with Gasteiger partial charge in [0.2, 0.25) is 0 Å². The molecule has 0 radical (unpaired) electrons. The first-order valence-electron chi connectivity index (χ1n) is 8.98. The van der Waals surface area contributed by atoms with Crippen molar-refractivity contribution in [3.05, 3.63) is 64.6 Å². The lowest BCUT2D eigenvalue weighted by Crippen LogP contribution is -2.16. The molecule has 0 aliphatic rings. The zero-order valence-electron chi connectivity index (χ0n) is 16.5. The molecule has 0 N–H and O–H groups in total. The number of fused-ring (bicyclic) bond motifs is 1. The van der Waals surface area contributed by atoms with E-state index in [-0.39, 0.29) is 32.2 Å². The van der Waals surface area contributed by atoms with Gasteiger partial charge in [-0.25, -0.2) is 17.4 Å². The Morgan fingerprint density at radius 1 is 1.19 bits per heavy atom. The van der Waals surface area contributed by atoms with Crippen LogP contribution >= 0.6 is 11.6 Å². The van der Waals surface area contributed by atoms with Gasteiger partial charge in [0.25, 0.3) is 10.0 Å². The number of hydrogen-bond donors (Lipinski definition) is 0. The van der Waals surface area contributed by atoms with E-state index in [1.165, 1.54) is 25.2 Å². The molecule has 32 heavy (non-hydrogen) atoms. The van der Waals surface area contributed by atoms with Crippen LogP contribution in [0, 0.1) is 18.3 Å². The van der Waals surface area contributed by atoms with Gasteiger partial charge in [0, 0.05) is 30.4 Å². The molecule has 4 rings (SSSR count). The molecule has 3 aromatic heterocycles. The third-order valence-corrected chi connectivity index (χ3v) is 6.90. The molecule has 0 saturated carbocycles. The van der Waals surface area contributed by atoms with Crippen LogP contribution in [0.25, 0.3) is 22.3 Å². The number of benzene rings is 1. The fourth-order valence-corrected chi connectivity index (χ4v) is 5.01. The normalized spacial score (nSPS) is 12.3. The monoisotopic (exact) mass is 479 g/mol. The average molecular weight is 480 g/mol. The quantitative estimate of drug-likeness (QED) is 0.430. The number of nitrogens with zero attached hydrogens (tertiary/aromatic N) is 5. The summed E-state index contributed by atoms with van der Waals surface area (Å²) in [7, 11) is -3.11. The summed E-state index contributed by atoms with van der Waals surface area (Å²) in [6.45, 7) is 1.77. The fourth-order valence-electron chi connectivity index (χ4n) is 3.30. The Kier molecular flexibility index (Phi) is 5.02. The summed E-state index contributed by atoms with van der Waals surface area (Å²) in [5.41, 5.74) is -1.51. The van der Waals surface area contributed by atoms with Crippen LogP contribution in [-0.4, -0.2) is 27.2 Å². The van der Waals surface area contributed by atoms with Crippen molar-refractivity contribution >= 4 is 32.7 Å². The second-order valence-corrected chi connectivity index (χ2v) is 9.17. The Labute approximate surface area is 185 Å². The lowest BCUT2D eigenvalue weighted by atomic mass is 10.1. The van der Waals surface area contributed by atoms with Gasteiger partial charge in [0.05, 0.1) is 21.2 Å². The highest BCUT2D eigenvalue weighted by molar-refractivity contribution is 7.90. The third-order valence-electron chi connectivity index (χ3n) is 4.77. The lowest BCUT2D eigenvalue weighted by molar-refractivity contribution is -0.141. The first kappa shape index (κ1) is 21.9. The third kappa shape index (κ3) is 3.41. The second-order valence-electron chi connectivity index (χ2n) is 7.01. The molecular formula is C20H13ClF3N5O2S. The molecular weight excluding hydrogens is 467 g/mol. The summed E-state index contributed by atoms with van der Waals surface area (Å²) in [6, 6.07) is 8.82. The molecule has 0 spiro atoms. The van der Waals surface area contributed by atoms with Crippen LogP contribution in [0.3, 0.4) is 0 Å². The van der Waals surface area contributed by atoms with Crippen LogP contribution in [-0.2, 0) is 23.2 Å². The van der Waals surface area contributed by atoms with Gasteiger partial charge >= 0.3 is 6.18 Å². The van der Waals surface area contributed by atoms with Gasteiger partial charge in [-0.1, -0.05) is 29.3 Å². The number of rotatable bonds is 3. The number of aromatic nitrogens is 4. The predicted molar refractivity (Wildman–Crippen MR) is 110 cm³/mol. The summed E-state index contributed by atoms with van der Waals surface area (Å²) < 4.78 is 69.8. The Bertz CT molecular complexity index is 1510. The maximum absolute atomic E-state index is 13.7. The van der Waals surface area contributed by atoms with Crippen LogP contribution in [0.5, 0.6) is 0 Å². The fraction of sp³-hybridized carbons (Fsp3) is 0.150. The molecule has 4 aromatic rings. The molecule has 1 aromatic carbocycles. The first-order chi connectivity index (χ1) is 14.9. The molecule has 3 heterocycles. The van der Waals surface area contributed by atoms with Crippen molar-refractivity contribution in [2.75, 3.05) is 0 Å². The SMILES string of the molecule is Cc1ccc(S(=O)(=O)n2c(-c3cn(C)nc3C(F)(F)F)cc3c(Cl)c(C#N)cnc32)cc1. The minimum absolute atomic E-state index is 0.0216. The minimum atomic E-state index is -4.85. The highest BCUT2D eigenvalue weighted by Gasteiger charge is 2.39. The van der Waals surface area contributed by atoms with Crippen molar-refractivity contribution in [3.8, 4) is 17.3 Å². The summed E-state index contributed by atoms with van der Waals surface area (Å²) >= 11 is 6.25. The van der Waals surface area contributed by atoms with E-state index >= 15 is 0 Å². The molecule has 0 aliphatic carbocycles. The van der Waals surface area contributed by atoms with E-state index in [4.69, 9.17) is 11.6 Å². The maximum atomic E-state index is 13.7. The minimum Gasteiger partial charge on any atom is -0.275 e. The summed E-state index contributed by atoms with van der Waals surface area (Å²) in [5.74, 6) is 0. The maximum Gasteiger partial charge on any atom is 0.435 e. The zero-order chi connectivity index (χ0) is 23.4. The summed E-state index contributed by atoms with van der Waals surface area (Å²) in [4.78, 5) is 3.88. The largest absolute Gasteiger partial charge is 0.435 e. The molecule has 0 saturated heterocycles. The second kappa shape index (κ2) is 7.36. The van der Waals surface area contributed by atoms with Crippen LogP contribution in [0.15, 0.2) is 47.6 Å². The van der Waals surface area contributed by atoms with E-state index in [1.54, 1.807) is 19.1 Å². The number of aryl methyl sites for hydroxylation is 2. The highest BCUT2D eigenvalue weighted by atomic mass is 35.5. The van der Waals surface area contributed by atoms with E-state index in [2.05, 4.69) is 10.1 Å². The molecule has 0 bridgehead atoms. The summed E-state index contributed by atoms with van der Waals surface area (Å²) in [5, 5.41) is 12.6. The van der Waals surface area contributed by atoms with E-state index in [0.29, 0.717) is 3.97 Å². The first-order valence-corrected chi connectivity index (χ1v) is 10.8. The molecule has 0 unspecified atom stereocenters. The molecule has 164 valence electrons. The van der Waals surface area contributed by atoms with Gasteiger partial charge in [0.1, 0.15) is 6.07 Å². The van der Waals surface area contributed by atoms with Crippen LogP contribution < -0.4 is 0 Å². The molecule has 0 fully saturated rings. The predicted octanol–water partition coefficient (Wildman–Crippen LogP) is 4.53. The molecule has 7 nitrogen and oxygen atoms in total. The zero-order valence-corrected chi connectivity index (χ0v) is 18.1. The number of halogens is 4. The van der Waals surface area contributed by atoms with Gasteiger partial charge in [-0.2, -0.15) is 23.5 Å². The van der Waals surface area contributed by atoms with Gasteiger partial charge in [-0.05, 0) is 25.1 Å². The smallest absolute Gasteiger partial charge is 0.275 e. The van der Waals surface area contributed by atoms with Gasteiger partial charge in [-0.15, -0.1) is 0 Å². The van der Waals surface area contributed by atoms with Crippen molar-refractivity contribution < 1.29 is 21.6 Å². The van der Waals surface area contributed by atoms with E-state index in [0.717, 1.165) is 22.6 Å². The van der Waals surface area contributed by atoms with E-state index in [9.17, 15) is 26.9 Å². The lowest BCUT2D eigenvalue weighted by Gasteiger charge is -2.12. The number of alkyl halides is 3. The van der Waals surface area contributed by atoms with Crippen LogP contribution in [0.2, 0.25) is 5.02 Å². The van der Waals surface area contributed by atoms with Gasteiger partial charge < -0.3 is 0 Å². The van der Waals surface area contributed by atoms with Crippen molar-refractivity contribution in [1.82, 2.24) is 18.7 Å². The topological polar surface area (TPSA) is 93.6 Å². The van der Waals surface area contributed by atoms with Crippen molar-refractivity contribution in [3.63, 3.8) is 0 Å². The Morgan fingerprint density at radius 3 is 2.44 bits per heavy atom. The average Bonchev–Trinajstić information content (AvgIpc) is 3.30. The van der Waals surface area contributed by atoms with Crippen molar-refractivity contribution in [2.24, 2.45) is 7.05 Å². The Hall–Kier alpha value is -3.36. The van der Waals surface area contributed by atoms with Crippen molar-refractivity contribution in [1.29, 1.82) is 5.26 Å². The number of pyridine rings is 1.